The predicted octanol–water partition coefficient (Wildman–Crippen LogP) is 3.07. The molecule has 0 bridgehead atoms. The first-order chi connectivity index (χ1) is 9.26. The third-order valence-corrected chi connectivity index (χ3v) is 3.00. The number of nitrogens with zero attached hydrogens (tertiary/aromatic N) is 1. The molecule has 0 aromatic carbocycles. The zero-order chi connectivity index (χ0) is 13.7. The van der Waals surface area contributed by atoms with E-state index in [4.69, 9.17) is 14.9 Å². The normalized spacial score (nSPS) is 12.4. The summed E-state index contributed by atoms with van der Waals surface area (Å²) in [5.41, 5.74) is 8.23. The molecule has 0 radical (unpaired) electrons. The van der Waals surface area contributed by atoms with Gasteiger partial charge in [-0.05, 0) is 24.1 Å². The zero-order valence-electron chi connectivity index (χ0n) is 11.4. The molecule has 2 aromatic heterocycles. The molecule has 4 nitrogen and oxygen atoms in total. The number of furan rings is 1. The monoisotopic (exact) mass is 260 g/mol. The lowest BCUT2D eigenvalue weighted by molar-refractivity contribution is 0.315. The summed E-state index contributed by atoms with van der Waals surface area (Å²) in [6, 6.07) is 3.63. The molecule has 2 aromatic rings. The predicted molar refractivity (Wildman–Crippen MR) is 74.1 cm³/mol. The van der Waals surface area contributed by atoms with Crippen molar-refractivity contribution in [2.24, 2.45) is 5.73 Å². The number of hydrogen-bond acceptors (Lipinski definition) is 4. The minimum absolute atomic E-state index is 0.230. The van der Waals surface area contributed by atoms with Crippen LogP contribution in [-0.4, -0.2) is 11.6 Å². The molecule has 0 amide bonds. The fraction of sp³-hybridized carbons (Fsp3) is 0.400. The van der Waals surface area contributed by atoms with E-state index in [9.17, 15) is 0 Å². The van der Waals surface area contributed by atoms with E-state index < -0.39 is 0 Å². The Hall–Kier alpha value is -1.81. The Morgan fingerprint density at radius 2 is 2.21 bits per heavy atom. The van der Waals surface area contributed by atoms with Crippen LogP contribution >= 0.6 is 0 Å². The van der Waals surface area contributed by atoms with E-state index in [1.807, 2.05) is 19.1 Å². The molecule has 0 aliphatic heterocycles. The molecule has 1 atom stereocenters. The quantitative estimate of drug-likeness (QED) is 0.867. The number of rotatable bonds is 6. The summed E-state index contributed by atoms with van der Waals surface area (Å²) in [5.74, 6) is 1.68. The van der Waals surface area contributed by atoms with Crippen LogP contribution in [0.3, 0.4) is 0 Å². The first-order valence-corrected chi connectivity index (χ1v) is 6.65. The average Bonchev–Trinajstić information content (AvgIpc) is 2.93. The van der Waals surface area contributed by atoms with Crippen LogP contribution in [0.1, 0.15) is 43.2 Å². The average molecular weight is 260 g/mol. The highest BCUT2D eigenvalue weighted by atomic mass is 16.5. The number of pyridine rings is 1. The highest BCUT2D eigenvalue weighted by molar-refractivity contribution is 5.34. The molecule has 0 aliphatic carbocycles. The van der Waals surface area contributed by atoms with E-state index in [1.54, 1.807) is 18.7 Å². The van der Waals surface area contributed by atoms with Gasteiger partial charge in [-0.1, -0.05) is 13.8 Å². The maximum absolute atomic E-state index is 6.28. The Labute approximate surface area is 113 Å². The molecule has 0 saturated heterocycles. The van der Waals surface area contributed by atoms with Gasteiger partial charge in [0.2, 0.25) is 0 Å². The zero-order valence-corrected chi connectivity index (χ0v) is 11.4. The lowest BCUT2D eigenvalue weighted by atomic mass is 10.0. The molecule has 2 rings (SSSR count). The van der Waals surface area contributed by atoms with E-state index in [2.05, 4.69) is 11.9 Å². The molecule has 0 saturated carbocycles. The lowest BCUT2D eigenvalue weighted by Crippen LogP contribution is -2.13. The maximum atomic E-state index is 6.28. The summed E-state index contributed by atoms with van der Waals surface area (Å²) in [6.07, 6.45) is 6.96. The number of ether oxygens (including phenoxy) is 1. The van der Waals surface area contributed by atoms with Crippen LogP contribution in [-0.2, 0) is 6.42 Å². The van der Waals surface area contributed by atoms with E-state index in [1.165, 1.54) is 0 Å². The summed E-state index contributed by atoms with van der Waals surface area (Å²) >= 11 is 0. The highest BCUT2D eigenvalue weighted by Gasteiger charge is 2.15. The fourth-order valence-corrected chi connectivity index (χ4v) is 2.00. The van der Waals surface area contributed by atoms with Gasteiger partial charge < -0.3 is 14.9 Å². The van der Waals surface area contributed by atoms with E-state index in [-0.39, 0.29) is 6.04 Å². The van der Waals surface area contributed by atoms with Crippen LogP contribution in [0.5, 0.6) is 5.75 Å². The SMILES string of the molecule is CCCOc1cncc(C(N)c2ccoc2CC)c1. The Morgan fingerprint density at radius 1 is 1.37 bits per heavy atom. The molecule has 4 heteroatoms. The van der Waals surface area contributed by atoms with Crippen molar-refractivity contribution >= 4 is 0 Å². The molecule has 102 valence electrons. The largest absolute Gasteiger partial charge is 0.492 e. The van der Waals surface area contributed by atoms with Crippen molar-refractivity contribution in [3.63, 3.8) is 0 Å². The van der Waals surface area contributed by atoms with Crippen molar-refractivity contribution in [1.29, 1.82) is 0 Å². The molecule has 0 fully saturated rings. The Balaban J connectivity index is 2.21. The molecule has 19 heavy (non-hydrogen) atoms. The van der Waals surface area contributed by atoms with E-state index >= 15 is 0 Å². The molecule has 2 heterocycles. The summed E-state index contributed by atoms with van der Waals surface area (Å²) in [6.45, 7) is 4.81. The molecule has 0 aliphatic rings. The molecule has 1 unspecified atom stereocenters. The molecular formula is C15H20N2O2. The first-order valence-electron chi connectivity index (χ1n) is 6.65. The standard InChI is InChI=1S/C15H20N2O2/c1-3-6-18-12-8-11(9-17-10-12)15(16)13-5-7-19-14(13)4-2/h5,7-10,15H,3-4,6,16H2,1-2H3. The van der Waals surface area contributed by atoms with Gasteiger partial charge in [-0.15, -0.1) is 0 Å². The maximum Gasteiger partial charge on any atom is 0.137 e. The fourth-order valence-electron chi connectivity index (χ4n) is 2.00. The highest BCUT2D eigenvalue weighted by Crippen LogP contribution is 2.26. The Morgan fingerprint density at radius 3 is 2.95 bits per heavy atom. The summed E-state index contributed by atoms with van der Waals surface area (Å²) in [5, 5.41) is 0. The second-order valence-electron chi connectivity index (χ2n) is 4.43. The van der Waals surface area contributed by atoms with Gasteiger partial charge in [0.15, 0.2) is 0 Å². The smallest absolute Gasteiger partial charge is 0.137 e. The number of aromatic nitrogens is 1. The Kier molecular flexibility index (Phi) is 4.58. The number of hydrogen-bond donors (Lipinski definition) is 1. The third-order valence-electron chi connectivity index (χ3n) is 3.00. The van der Waals surface area contributed by atoms with Gasteiger partial charge in [-0.25, -0.2) is 0 Å². The molecule has 0 spiro atoms. The van der Waals surface area contributed by atoms with Crippen molar-refractivity contribution in [1.82, 2.24) is 4.98 Å². The summed E-state index contributed by atoms with van der Waals surface area (Å²) in [7, 11) is 0. The van der Waals surface area contributed by atoms with Crippen molar-refractivity contribution in [2.45, 2.75) is 32.7 Å². The van der Waals surface area contributed by atoms with Crippen LogP contribution < -0.4 is 10.5 Å². The summed E-state index contributed by atoms with van der Waals surface area (Å²) < 4.78 is 11.0. The lowest BCUT2D eigenvalue weighted by Gasteiger charge is -2.13. The van der Waals surface area contributed by atoms with Crippen LogP contribution in [0.15, 0.2) is 35.2 Å². The van der Waals surface area contributed by atoms with Gasteiger partial charge >= 0.3 is 0 Å². The Bertz CT molecular complexity index is 522. The van der Waals surface area contributed by atoms with Gasteiger partial charge in [0.25, 0.3) is 0 Å². The topological polar surface area (TPSA) is 61.3 Å². The van der Waals surface area contributed by atoms with Gasteiger partial charge in [0.1, 0.15) is 11.5 Å². The van der Waals surface area contributed by atoms with Crippen molar-refractivity contribution in [3.05, 3.63) is 47.7 Å². The van der Waals surface area contributed by atoms with E-state index in [0.717, 1.165) is 35.5 Å². The first kappa shape index (κ1) is 13.6. The minimum atomic E-state index is -0.230. The number of aryl methyl sites for hydroxylation is 1. The third kappa shape index (κ3) is 3.15. The van der Waals surface area contributed by atoms with Crippen molar-refractivity contribution < 1.29 is 9.15 Å². The van der Waals surface area contributed by atoms with Crippen molar-refractivity contribution in [3.8, 4) is 5.75 Å². The van der Waals surface area contributed by atoms with Gasteiger partial charge in [-0.2, -0.15) is 0 Å². The van der Waals surface area contributed by atoms with Crippen LogP contribution in [0.25, 0.3) is 0 Å². The second kappa shape index (κ2) is 6.38. The number of nitrogens with two attached hydrogens (primary N) is 1. The minimum Gasteiger partial charge on any atom is -0.492 e. The van der Waals surface area contributed by atoms with Gasteiger partial charge in [0, 0.05) is 18.2 Å². The molecule has 2 N–H and O–H groups in total. The molecular weight excluding hydrogens is 240 g/mol. The van der Waals surface area contributed by atoms with Gasteiger partial charge in [-0.3, -0.25) is 4.98 Å². The van der Waals surface area contributed by atoms with E-state index in [0.29, 0.717) is 6.61 Å². The van der Waals surface area contributed by atoms with Crippen molar-refractivity contribution in [2.75, 3.05) is 6.61 Å². The van der Waals surface area contributed by atoms with Crippen LogP contribution in [0, 0.1) is 0 Å². The second-order valence-corrected chi connectivity index (χ2v) is 4.43. The van der Waals surface area contributed by atoms with Gasteiger partial charge in [0.05, 0.1) is 25.1 Å². The van der Waals surface area contributed by atoms with Crippen LogP contribution in [0.2, 0.25) is 0 Å². The summed E-state index contributed by atoms with van der Waals surface area (Å²) in [4.78, 5) is 4.19. The van der Waals surface area contributed by atoms with Crippen LogP contribution in [0.4, 0.5) is 0 Å².